The van der Waals surface area contributed by atoms with Crippen LogP contribution in [-0.2, 0) is 19.4 Å². The molecule has 0 aromatic heterocycles. The van der Waals surface area contributed by atoms with E-state index in [0.29, 0.717) is 16.4 Å². The van der Waals surface area contributed by atoms with E-state index in [1.54, 1.807) is 25.1 Å². The molecule has 0 atom stereocenters. The van der Waals surface area contributed by atoms with E-state index in [1.807, 2.05) is 0 Å². The summed E-state index contributed by atoms with van der Waals surface area (Å²) in [5.41, 5.74) is 1.79. The SMILES string of the molecule is Cc1cc(Cl)ccc1NC(=O)CCS(=O)(=O)c1ccc2c(c1)OCC(=O)N2. The lowest BCUT2D eigenvalue weighted by molar-refractivity contribution is -0.118. The van der Waals surface area contributed by atoms with Gasteiger partial charge in [0.05, 0.1) is 16.3 Å². The van der Waals surface area contributed by atoms with Crippen molar-refractivity contribution in [2.45, 2.75) is 18.2 Å². The van der Waals surface area contributed by atoms with Gasteiger partial charge in [-0.15, -0.1) is 0 Å². The number of rotatable bonds is 5. The molecule has 1 aliphatic heterocycles. The molecule has 2 aromatic carbocycles. The largest absolute Gasteiger partial charge is 0.482 e. The maximum absolute atomic E-state index is 12.5. The number of halogens is 1. The molecule has 9 heteroatoms. The number of sulfone groups is 1. The van der Waals surface area contributed by atoms with Crippen LogP contribution in [0, 0.1) is 6.92 Å². The van der Waals surface area contributed by atoms with Crippen LogP contribution in [-0.4, -0.2) is 32.6 Å². The van der Waals surface area contributed by atoms with Gasteiger partial charge in [-0.05, 0) is 42.8 Å². The quantitative estimate of drug-likeness (QED) is 0.792. The van der Waals surface area contributed by atoms with Gasteiger partial charge in [0.15, 0.2) is 16.4 Å². The molecule has 0 unspecified atom stereocenters. The number of carbonyl (C=O) groups is 2. The predicted molar refractivity (Wildman–Crippen MR) is 102 cm³/mol. The Kier molecular flexibility index (Phi) is 5.38. The molecule has 0 spiro atoms. The Hall–Kier alpha value is -2.58. The van der Waals surface area contributed by atoms with E-state index in [9.17, 15) is 18.0 Å². The molecule has 0 saturated carbocycles. The standard InChI is InChI=1S/C18H17ClN2O5S/c1-11-8-12(19)2-4-14(11)20-17(22)6-7-27(24,25)13-3-5-15-16(9-13)26-10-18(23)21-15/h2-5,8-9H,6-7,10H2,1H3,(H,20,22)(H,21,23). The third-order valence-corrected chi connectivity index (χ3v) is 5.95. The van der Waals surface area contributed by atoms with E-state index in [2.05, 4.69) is 10.6 Å². The van der Waals surface area contributed by atoms with Crippen LogP contribution in [0.3, 0.4) is 0 Å². The normalized spacial score (nSPS) is 13.3. The van der Waals surface area contributed by atoms with Gasteiger partial charge in [0.25, 0.3) is 5.91 Å². The summed E-state index contributed by atoms with van der Waals surface area (Å²) in [7, 11) is -3.69. The number of amides is 2. The summed E-state index contributed by atoms with van der Waals surface area (Å²) in [6.45, 7) is 1.63. The maximum Gasteiger partial charge on any atom is 0.262 e. The summed E-state index contributed by atoms with van der Waals surface area (Å²) in [4.78, 5) is 23.4. The Balaban J connectivity index is 1.66. The average Bonchev–Trinajstić information content (AvgIpc) is 2.62. The summed E-state index contributed by atoms with van der Waals surface area (Å²) in [6.07, 6.45) is -0.195. The van der Waals surface area contributed by atoms with Crippen molar-refractivity contribution in [3.63, 3.8) is 0 Å². The third-order valence-electron chi connectivity index (χ3n) is 4.01. The van der Waals surface area contributed by atoms with Crippen LogP contribution < -0.4 is 15.4 Å². The first-order chi connectivity index (χ1) is 12.7. The maximum atomic E-state index is 12.5. The lowest BCUT2D eigenvalue weighted by Gasteiger charge is -2.18. The fourth-order valence-corrected chi connectivity index (χ4v) is 4.05. The molecule has 0 aliphatic carbocycles. The smallest absolute Gasteiger partial charge is 0.262 e. The zero-order valence-electron chi connectivity index (χ0n) is 14.4. The summed E-state index contributed by atoms with van der Waals surface area (Å²) in [6, 6.07) is 9.22. The highest BCUT2D eigenvalue weighted by molar-refractivity contribution is 7.91. The van der Waals surface area contributed by atoms with Gasteiger partial charge in [-0.25, -0.2) is 8.42 Å². The zero-order valence-corrected chi connectivity index (χ0v) is 16.0. The van der Waals surface area contributed by atoms with Crippen LogP contribution in [0.15, 0.2) is 41.3 Å². The van der Waals surface area contributed by atoms with Crippen molar-refractivity contribution in [1.82, 2.24) is 0 Å². The third kappa shape index (κ3) is 4.58. The highest BCUT2D eigenvalue weighted by Crippen LogP contribution is 2.30. The molecule has 0 radical (unpaired) electrons. The monoisotopic (exact) mass is 408 g/mol. The Labute approximate surface area is 161 Å². The number of fused-ring (bicyclic) bond motifs is 1. The number of nitrogens with one attached hydrogen (secondary N) is 2. The fourth-order valence-electron chi connectivity index (χ4n) is 2.57. The van der Waals surface area contributed by atoms with Gasteiger partial charge in [-0.1, -0.05) is 11.6 Å². The lowest BCUT2D eigenvalue weighted by Crippen LogP contribution is -2.25. The van der Waals surface area contributed by atoms with E-state index in [0.717, 1.165) is 5.56 Å². The number of hydrogen-bond donors (Lipinski definition) is 2. The Morgan fingerprint density at radius 3 is 2.78 bits per heavy atom. The molecular weight excluding hydrogens is 392 g/mol. The summed E-state index contributed by atoms with van der Waals surface area (Å²) in [5.74, 6) is -0.772. The zero-order chi connectivity index (χ0) is 19.6. The minimum absolute atomic E-state index is 0.0351. The molecule has 0 bridgehead atoms. The van der Waals surface area contributed by atoms with Gasteiger partial charge >= 0.3 is 0 Å². The number of aryl methyl sites for hydroxylation is 1. The van der Waals surface area contributed by atoms with Crippen LogP contribution in [0.1, 0.15) is 12.0 Å². The van der Waals surface area contributed by atoms with Gasteiger partial charge in [-0.3, -0.25) is 9.59 Å². The number of ether oxygens (including phenoxy) is 1. The van der Waals surface area contributed by atoms with Crippen LogP contribution in [0.25, 0.3) is 0 Å². The van der Waals surface area contributed by atoms with E-state index in [-0.39, 0.29) is 35.3 Å². The Morgan fingerprint density at radius 1 is 1.26 bits per heavy atom. The van der Waals surface area contributed by atoms with E-state index >= 15 is 0 Å². The lowest BCUT2D eigenvalue weighted by atomic mass is 10.2. The second-order valence-electron chi connectivity index (χ2n) is 6.07. The molecule has 1 aliphatic rings. The molecular formula is C18H17ClN2O5S. The highest BCUT2D eigenvalue weighted by Gasteiger charge is 2.22. The minimum Gasteiger partial charge on any atom is -0.482 e. The van der Waals surface area contributed by atoms with Gasteiger partial charge in [-0.2, -0.15) is 0 Å². The number of anilines is 2. The minimum atomic E-state index is -3.69. The second kappa shape index (κ2) is 7.58. The molecule has 142 valence electrons. The second-order valence-corrected chi connectivity index (χ2v) is 8.62. The highest BCUT2D eigenvalue weighted by atomic mass is 35.5. The molecule has 0 saturated heterocycles. The van der Waals surface area contributed by atoms with Crippen LogP contribution in [0.5, 0.6) is 5.75 Å². The molecule has 0 fully saturated rings. The first-order valence-corrected chi connectivity index (χ1v) is 10.1. The van der Waals surface area contributed by atoms with E-state index in [1.165, 1.54) is 18.2 Å². The van der Waals surface area contributed by atoms with Crippen LogP contribution in [0.4, 0.5) is 11.4 Å². The first kappa shape index (κ1) is 19.2. The average molecular weight is 409 g/mol. The van der Waals surface area contributed by atoms with Crippen LogP contribution in [0.2, 0.25) is 5.02 Å². The molecule has 2 N–H and O–H groups in total. The topological polar surface area (TPSA) is 102 Å². The van der Waals surface area contributed by atoms with Gasteiger partial charge in [0.2, 0.25) is 5.91 Å². The predicted octanol–water partition coefficient (Wildman–Crippen LogP) is 2.78. The molecule has 2 amide bonds. The Morgan fingerprint density at radius 2 is 2.04 bits per heavy atom. The van der Waals surface area contributed by atoms with Gasteiger partial charge < -0.3 is 15.4 Å². The molecule has 2 aromatic rings. The van der Waals surface area contributed by atoms with Crippen molar-refractivity contribution in [3.05, 3.63) is 47.0 Å². The van der Waals surface area contributed by atoms with Crippen molar-refractivity contribution < 1.29 is 22.7 Å². The van der Waals surface area contributed by atoms with Crippen molar-refractivity contribution in [1.29, 1.82) is 0 Å². The number of carbonyl (C=O) groups excluding carboxylic acids is 2. The van der Waals surface area contributed by atoms with Crippen molar-refractivity contribution >= 4 is 44.6 Å². The Bertz CT molecular complexity index is 1020. The van der Waals surface area contributed by atoms with Crippen molar-refractivity contribution in [2.75, 3.05) is 23.0 Å². The summed E-state index contributed by atoms with van der Waals surface area (Å²) >= 11 is 5.88. The van der Waals surface area contributed by atoms with E-state index < -0.39 is 15.7 Å². The molecule has 1 heterocycles. The summed E-state index contributed by atoms with van der Waals surface area (Å²) < 4.78 is 30.3. The molecule has 7 nitrogen and oxygen atoms in total. The van der Waals surface area contributed by atoms with Crippen LogP contribution >= 0.6 is 11.6 Å². The summed E-state index contributed by atoms with van der Waals surface area (Å²) in [5, 5.41) is 5.83. The first-order valence-electron chi connectivity index (χ1n) is 8.10. The van der Waals surface area contributed by atoms with Gasteiger partial charge in [0, 0.05) is 23.2 Å². The van der Waals surface area contributed by atoms with Crippen molar-refractivity contribution in [3.8, 4) is 5.75 Å². The van der Waals surface area contributed by atoms with E-state index in [4.69, 9.17) is 16.3 Å². The fraction of sp³-hybridized carbons (Fsp3) is 0.222. The van der Waals surface area contributed by atoms with Gasteiger partial charge in [0.1, 0.15) is 5.75 Å². The number of hydrogen-bond acceptors (Lipinski definition) is 5. The van der Waals surface area contributed by atoms with Crippen molar-refractivity contribution in [2.24, 2.45) is 0 Å². The molecule has 3 rings (SSSR count). The molecule has 27 heavy (non-hydrogen) atoms. The number of benzene rings is 2.